The standard InChI is InChI=1S/C15H13N3OS2/c1-9-6-12-14(21-9)17-8-18(15(12)19)7-10-4-2-3-5-11(10)13(16)20/h2-6,8H,7H2,1H3,(H2,16,20). The van der Waals surface area contributed by atoms with Gasteiger partial charge in [0.25, 0.3) is 5.56 Å². The molecule has 6 heteroatoms. The first-order valence-corrected chi connectivity index (χ1v) is 7.62. The number of aryl methyl sites for hydroxylation is 1. The number of benzene rings is 1. The Kier molecular flexibility index (Phi) is 3.57. The van der Waals surface area contributed by atoms with Gasteiger partial charge in [-0.05, 0) is 18.6 Å². The van der Waals surface area contributed by atoms with Gasteiger partial charge in [0.2, 0.25) is 0 Å². The molecule has 0 amide bonds. The lowest BCUT2D eigenvalue weighted by Gasteiger charge is -2.09. The van der Waals surface area contributed by atoms with E-state index in [9.17, 15) is 4.79 Å². The first-order chi connectivity index (χ1) is 10.1. The van der Waals surface area contributed by atoms with Crippen molar-refractivity contribution < 1.29 is 0 Å². The number of fused-ring (bicyclic) bond motifs is 1. The van der Waals surface area contributed by atoms with Crippen molar-refractivity contribution in [3.63, 3.8) is 0 Å². The van der Waals surface area contributed by atoms with Gasteiger partial charge in [0.05, 0.1) is 18.3 Å². The Hall–Kier alpha value is -2.05. The molecule has 2 heterocycles. The zero-order chi connectivity index (χ0) is 15.0. The molecule has 0 spiro atoms. The number of hydrogen-bond donors (Lipinski definition) is 1. The summed E-state index contributed by atoms with van der Waals surface area (Å²) in [5, 5.41) is 0.660. The second-order valence-electron chi connectivity index (χ2n) is 4.77. The van der Waals surface area contributed by atoms with Crippen molar-refractivity contribution in [1.82, 2.24) is 9.55 Å². The van der Waals surface area contributed by atoms with Crippen LogP contribution in [0.2, 0.25) is 0 Å². The van der Waals surface area contributed by atoms with Crippen LogP contribution in [-0.2, 0) is 6.54 Å². The smallest absolute Gasteiger partial charge is 0.262 e. The highest BCUT2D eigenvalue weighted by Crippen LogP contribution is 2.19. The zero-order valence-corrected chi connectivity index (χ0v) is 13.0. The highest BCUT2D eigenvalue weighted by atomic mass is 32.1. The third kappa shape index (κ3) is 2.59. The molecule has 1 aromatic carbocycles. The molecule has 0 bridgehead atoms. The third-order valence-electron chi connectivity index (χ3n) is 3.26. The molecule has 0 aliphatic rings. The van der Waals surface area contributed by atoms with Gasteiger partial charge < -0.3 is 5.73 Å². The maximum atomic E-state index is 12.5. The summed E-state index contributed by atoms with van der Waals surface area (Å²) in [4.78, 5) is 19.0. The summed E-state index contributed by atoms with van der Waals surface area (Å²) >= 11 is 6.58. The van der Waals surface area contributed by atoms with Gasteiger partial charge in [0.15, 0.2) is 0 Å². The lowest BCUT2D eigenvalue weighted by Crippen LogP contribution is -2.22. The molecule has 21 heavy (non-hydrogen) atoms. The summed E-state index contributed by atoms with van der Waals surface area (Å²) in [7, 11) is 0. The van der Waals surface area contributed by atoms with E-state index in [0.717, 1.165) is 20.8 Å². The van der Waals surface area contributed by atoms with Crippen molar-refractivity contribution in [2.24, 2.45) is 5.73 Å². The minimum absolute atomic E-state index is 0.0397. The second-order valence-corrected chi connectivity index (χ2v) is 6.45. The van der Waals surface area contributed by atoms with Crippen LogP contribution in [0.4, 0.5) is 0 Å². The molecular formula is C15H13N3OS2. The molecule has 2 N–H and O–H groups in total. The van der Waals surface area contributed by atoms with Crippen molar-refractivity contribution in [1.29, 1.82) is 0 Å². The number of nitrogens with two attached hydrogens (primary N) is 1. The summed E-state index contributed by atoms with van der Waals surface area (Å²) in [6.45, 7) is 2.38. The van der Waals surface area contributed by atoms with E-state index < -0.39 is 0 Å². The van der Waals surface area contributed by atoms with Crippen LogP contribution < -0.4 is 11.3 Å². The normalized spacial score (nSPS) is 10.9. The van der Waals surface area contributed by atoms with Crippen molar-refractivity contribution in [2.45, 2.75) is 13.5 Å². The molecule has 4 nitrogen and oxygen atoms in total. The summed E-state index contributed by atoms with van der Waals surface area (Å²) in [5.74, 6) is 0. The fourth-order valence-electron chi connectivity index (χ4n) is 2.28. The lowest BCUT2D eigenvalue weighted by atomic mass is 10.1. The molecule has 106 valence electrons. The fourth-order valence-corrected chi connectivity index (χ4v) is 3.31. The number of nitrogens with zero attached hydrogens (tertiary/aromatic N) is 2. The number of hydrogen-bond acceptors (Lipinski definition) is 4. The molecule has 0 aliphatic carbocycles. The third-order valence-corrected chi connectivity index (χ3v) is 4.44. The summed E-state index contributed by atoms with van der Waals surface area (Å²) in [5.41, 5.74) is 7.40. The molecule has 3 aromatic rings. The molecule has 0 atom stereocenters. The minimum atomic E-state index is -0.0397. The highest BCUT2D eigenvalue weighted by Gasteiger charge is 2.10. The molecule has 0 radical (unpaired) electrons. The molecule has 0 saturated carbocycles. The number of thiophene rings is 1. The summed E-state index contributed by atoms with van der Waals surface area (Å²) in [6.07, 6.45) is 1.58. The van der Waals surface area contributed by atoms with Gasteiger partial charge in [0, 0.05) is 10.4 Å². The molecule has 0 fully saturated rings. The largest absolute Gasteiger partial charge is 0.389 e. The Bertz CT molecular complexity index is 895. The van der Waals surface area contributed by atoms with E-state index in [-0.39, 0.29) is 5.56 Å². The topological polar surface area (TPSA) is 60.9 Å². The van der Waals surface area contributed by atoms with Gasteiger partial charge in [-0.25, -0.2) is 4.98 Å². The van der Waals surface area contributed by atoms with Gasteiger partial charge >= 0.3 is 0 Å². The SMILES string of the molecule is Cc1cc2c(=O)n(Cc3ccccc3C(N)=S)cnc2s1. The van der Waals surface area contributed by atoms with Gasteiger partial charge in [0.1, 0.15) is 9.82 Å². The Morgan fingerprint density at radius 1 is 1.43 bits per heavy atom. The van der Waals surface area contributed by atoms with E-state index >= 15 is 0 Å². The van der Waals surface area contributed by atoms with Crippen molar-refractivity contribution in [3.05, 3.63) is 63.0 Å². The Morgan fingerprint density at radius 3 is 2.95 bits per heavy atom. The molecule has 0 unspecified atom stereocenters. The average molecular weight is 315 g/mol. The molecule has 3 rings (SSSR count). The van der Waals surface area contributed by atoms with Crippen LogP contribution in [0.5, 0.6) is 0 Å². The molecule has 2 aromatic heterocycles. The first kappa shape index (κ1) is 13.9. The van der Waals surface area contributed by atoms with Crippen LogP contribution in [0.3, 0.4) is 0 Å². The predicted octanol–water partition coefficient (Wildman–Crippen LogP) is 2.45. The first-order valence-electron chi connectivity index (χ1n) is 6.39. The van der Waals surface area contributed by atoms with Crippen LogP contribution in [0.1, 0.15) is 16.0 Å². The maximum absolute atomic E-state index is 12.5. The van der Waals surface area contributed by atoms with E-state index in [1.807, 2.05) is 37.3 Å². The Balaban J connectivity index is 2.09. The van der Waals surface area contributed by atoms with Crippen molar-refractivity contribution >= 4 is 38.8 Å². The molecule has 0 aliphatic heterocycles. The summed E-state index contributed by atoms with van der Waals surface area (Å²) in [6, 6.07) is 9.45. The minimum Gasteiger partial charge on any atom is -0.389 e. The van der Waals surface area contributed by atoms with E-state index in [4.69, 9.17) is 18.0 Å². The number of rotatable bonds is 3. The van der Waals surface area contributed by atoms with Gasteiger partial charge in [-0.3, -0.25) is 9.36 Å². The quantitative estimate of drug-likeness (QED) is 0.754. The average Bonchev–Trinajstić information content (AvgIpc) is 2.84. The van der Waals surface area contributed by atoms with Gasteiger partial charge in [-0.1, -0.05) is 36.5 Å². The van der Waals surface area contributed by atoms with Crippen LogP contribution in [-0.4, -0.2) is 14.5 Å². The Labute approximate surface area is 130 Å². The van der Waals surface area contributed by atoms with Gasteiger partial charge in [-0.15, -0.1) is 11.3 Å². The number of thiocarbonyl (C=S) groups is 1. The van der Waals surface area contributed by atoms with E-state index in [1.54, 1.807) is 10.9 Å². The van der Waals surface area contributed by atoms with Gasteiger partial charge in [-0.2, -0.15) is 0 Å². The maximum Gasteiger partial charge on any atom is 0.262 e. The van der Waals surface area contributed by atoms with Crippen LogP contribution in [0.25, 0.3) is 10.2 Å². The van der Waals surface area contributed by atoms with Crippen LogP contribution >= 0.6 is 23.6 Å². The van der Waals surface area contributed by atoms with E-state index in [0.29, 0.717) is 16.9 Å². The Morgan fingerprint density at radius 2 is 2.19 bits per heavy atom. The van der Waals surface area contributed by atoms with E-state index in [2.05, 4.69) is 4.98 Å². The molecular weight excluding hydrogens is 302 g/mol. The van der Waals surface area contributed by atoms with Crippen molar-refractivity contribution in [2.75, 3.05) is 0 Å². The summed E-state index contributed by atoms with van der Waals surface area (Å²) < 4.78 is 1.59. The predicted molar refractivity (Wildman–Crippen MR) is 90.0 cm³/mol. The van der Waals surface area contributed by atoms with Crippen molar-refractivity contribution in [3.8, 4) is 0 Å². The molecule has 0 saturated heterocycles. The second kappa shape index (κ2) is 5.38. The fraction of sp³-hybridized carbons (Fsp3) is 0.133. The van der Waals surface area contributed by atoms with Crippen LogP contribution in [0, 0.1) is 6.92 Å². The zero-order valence-electron chi connectivity index (χ0n) is 11.4. The lowest BCUT2D eigenvalue weighted by molar-refractivity contribution is 0.748. The highest BCUT2D eigenvalue weighted by molar-refractivity contribution is 7.80. The monoisotopic (exact) mass is 315 g/mol. The van der Waals surface area contributed by atoms with E-state index in [1.165, 1.54) is 11.3 Å². The number of aromatic nitrogens is 2. The van der Waals surface area contributed by atoms with Crippen LogP contribution in [0.15, 0.2) is 41.5 Å².